The van der Waals surface area contributed by atoms with Gasteiger partial charge in [-0.15, -0.1) is 0 Å². The number of rotatable bonds is 3. The van der Waals surface area contributed by atoms with E-state index in [1.165, 1.54) is 4.90 Å². The molecule has 1 aromatic rings. The van der Waals surface area contributed by atoms with Crippen molar-refractivity contribution in [1.29, 1.82) is 0 Å². The Morgan fingerprint density at radius 3 is 2.68 bits per heavy atom. The summed E-state index contributed by atoms with van der Waals surface area (Å²) in [6, 6.07) is 8.42. The topological polar surface area (TPSA) is 92.9 Å². The Hall–Kier alpha value is -2.08. The highest BCUT2D eigenvalue weighted by atomic mass is 16.6. The van der Waals surface area contributed by atoms with Crippen LogP contribution >= 0.6 is 0 Å². The number of aliphatic hydroxyl groups is 1. The average Bonchev–Trinajstić information content (AvgIpc) is 2.79. The molecule has 19 heavy (non-hydrogen) atoms. The van der Waals surface area contributed by atoms with Crippen LogP contribution in [0.25, 0.3) is 0 Å². The molecule has 6 heteroatoms. The summed E-state index contributed by atoms with van der Waals surface area (Å²) in [6.45, 7) is 0.193. The maximum absolute atomic E-state index is 11.9. The van der Waals surface area contributed by atoms with Crippen LogP contribution in [0, 0.1) is 0 Å². The number of ether oxygens (including phenoxy) is 1. The summed E-state index contributed by atoms with van der Waals surface area (Å²) in [6.07, 6.45) is -1.21. The number of aliphatic hydroxyl groups excluding tert-OH is 1. The molecule has 0 bridgehead atoms. The average molecular weight is 264 g/mol. The minimum Gasteiger partial charge on any atom is -0.445 e. The molecule has 2 rings (SSSR count). The summed E-state index contributed by atoms with van der Waals surface area (Å²) in [5.74, 6) is -0.631. The first kappa shape index (κ1) is 13.4. The maximum atomic E-state index is 11.9. The quantitative estimate of drug-likeness (QED) is 0.818. The molecule has 3 N–H and O–H groups in total. The fraction of sp³-hybridized carbons (Fsp3) is 0.385. The van der Waals surface area contributed by atoms with E-state index in [0.717, 1.165) is 5.56 Å². The van der Waals surface area contributed by atoms with Gasteiger partial charge in [-0.25, -0.2) is 4.79 Å². The van der Waals surface area contributed by atoms with Gasteiger partial charge in [-0.3, -0.25) is 9.69 Å². The summed E-state index contributed by atoms with van der Waals surface area (Å²) in [7, 11) is 0. The number of β-amino-alcohol motifs (C(OH)–C–C–N with tert-alkyl or cyclic N) is 1. The number of amides is 2. The molecule has 6 nitrogen and oxygen atoms in total. The molecule has 1 heterocycles. The SMILES string of the molecule is NC(=O)[C@H]1C[C@@H](O)CN1C(=O)OCc1ccccc1. The number of hydrogen-bond donors (Lipinski definition) is 2. The van der Waals surface area contributed by atoms with Gasteiger partial charge in [0.15, 0.2) is 0 Å². The van der Waals surface area contributed by atoms with Gasteiger partial charge in [0.05, 0.1) is 12.6 Å². The molecule has 1 aliphatic rings. The van der Waals surface area contributed by atoms with Gasteiger partial charge in [-0.2, -0.15) is 0 Å². The van der Waals surface area contributed by atoms with Crippen molar-refractivity contribution in [3.63, 3.8) is 0 Å². The third-order valence-corrected chi connectivity index (χ3v) is 3.05. The predicted octanol–water partition coefficient (Wildman–Crippen LogP) is 0.244. The summed E-state index contributed by atoms with van der Waals surface area (Å²) >= 11 is 0. The van der Waals surface area contributed by atoms with Crippen molar-refractivity contribution in [3.05, 3.63) is 35.9 Å². The molecule has 102 valence electrons. The lowest BCUT2D eigenvalue weighted by Gasteiger charge is -2.21. The minimum atomic E-state index is -0.793. The van der Waals surface area contributed by atoms with E-state index in [-0.39, 0.29) is 19.6 Å². The third kappa shape index (κ3) is 3.23. The Morgan fingerprint density at radius 1 is 1.37 bits per heavy atom. The van der Waals surface area contributed by atoms with Crippen LogP contribution in [-0.2, 0) is 16.1 Å². The number of primary amides is 1. The minimum absolute atomic E-state index is 0.0707. The molecule has 0 aromatic heterocycles. The molecule has 0 saturated carbocycles. The van der Waals surface area contributed by atoms with E-state index in [9.17, 15) is 14.7 Å². The molecular weight excluding hydrogens is 248 g/mol. The lowest BCUT2D eigenvalue weighted by Crippen LogP contribution is -2.43. The van der Waals surface area contributed by atoms with Gasteiger partial charge >= 0.3 is 6.09 Å². The highest BCUT2D eigenvalue weighted by Gasteiger charge is 2.38. The Balaban J connectivity index is 1.94. The second-order valence-corrected chi connectivity index (χ2v) is 4.50. The van der Waals surface area contributed by atoms with Gasteiger partial charge in [0, 0.05) is 6.42 Å². The van der Waals surface area contributed by atoms with Gasteiger partial charge in [0.1, 0.15) is 12.6 Å². The van der Waals surface area contributed by atoms with Gasteiger partial charge < -0.3 is 15.6 Å². The first-order chi connectivity index (χ1) is 9.08. The van der Waals surface area contributed by atoms with Crippen LogP contribution in [0.2, 0.25) is 0 Å². The van der Waals surface area contributed by atoms with Crippen molar-refractivity contribution in [2.24, 2.45) is 5.73 Å². The molecule has 0 aliphatic carbocycles. The molecule has 1 aliphatic heterocycles. The first-order valence-corrected chi connectivity index (χ1v) is 6.02. The van der Waals surface area contributed by atoms with Gasteiger partial charge in [-0.1, -0.05) is 30.3 Å². The Labute approximate surface area is 110 Å². The lowest BCUT2D eigenvalue weighted by molar-refractivity contribution is -0.122. The van der Waals surface area contributed by atoms with Crippen molar-refractivity contribution < 1.29 is 19.4 Å². The molecule has 0 unspecified atom stereocenters. The highest BCUT2D eigenvalue weighted by Crippen LogP contribution is 2.19. The molecule has 1 fully saturated rings. The van der Waals surface area contributed by atoms with Crippen LogP contribution in [0.5, 0.6) is 0 Å². The van der Waals surface area contributed by atoms with E-state index in [4.69, 9.17) is 10.5 Å². The molecular formula is C13H16N2O4. The smallest absolute Gasteiger partial charge is 0.410 e. The normalized spacial score (nSPS) is 22.3. The second-order valence-electron chi connectivity index (χ2n) is 4.50. The van der Waals surface area contributed by atoms with Crippen molar-refractivity contribution in [2.75, 3.05) is 6.54 Å². The zero-order valence-corrected chi connectivity index (χ0v) is 10.4. The zero-order chi connectivity index (χ0) is 13.8. The summed E-state index contributed by atoms with van der Waals surface area (Å²) in [5, 5.41) is 9.50. The molecule has 0 spiro atoms. The summed E-state index contributed by atoms with van der Waals surface area (Å²) < 4.78 is 5.11. The van der Waals surface area contributed by atoms with E-state index in [0.29, 0.717) is 0 Å². The van der Waals surface area contributed by atoms with Crippen LogP contribution in [0.15, 0.2) is 30.3 Å². The van der Waals surface area contributed by atoms with Gasteiger partial charge in [0.25, 0.3) is 0 Å². The molecule has 2 amide bonds. The number of likely N-dealkylation sites (tertiary alicyclic amines) is 1. The Morgan fingerprint density at radius 2 is 2.05 bits per heavy atom. The number of hydrogen-bond acceptors (Lipinski definition) is 4. The Bertz CT molecular complexity index is 463. The maximum Gasteiger partial charge on any atom is 0.410 e. The lowest BCUT2D eigenvalue weighted by atomic mass is 10.2. The first-order valence-electron chi connectivity index (χ1n) is 6.02. The van der Waals surface area contributed by atoms with Crippen molar-refractivity contribution >= 4 is 12.0 Å². The van der Waals surface area contributed by atoms with E-state index in [2.05, 4.69) is 0 Å². The fourth-order valence-corrected chi connectivity index (χ4v) is 2.09. The largest absolute Gasteiger partial charge is 0.445 e. The van der Waals surface area contributed by atoms with Crippen LogP contribution in [0.3, 0.4) is 0 Å². The van der Waals surface area contributed by atoms with Crippen LogP contribution in [0.1, 0.15) is 12.0 Å². The van der Waals surface area contributed by atoms with E-state index >= 15 is 0 Å². The molecule has 2 atom stereocenters. The number of carbonyl (C=O) groups excluding carboxylic acids is 2. The van der Waals surface area contributed by atoms with Gasteiger partial charge in [-0.05, 0) is 5.56 Å². The van der Waals surface area contributed by atoms with Gasteiger partial charge in [0.2, 0.25) is 5.91 Å². The van der Waals surface area contributed by atoms with E-state index < -0.39 is 24.1 Å². The summed E-state index contributed by atoms with van der Waals surface area (Å²) in [5.41, 5.74) is 6.05. The standard InChI is InChI=1S/C13H16N2O4/c14-12(17)11-6-10(16)7-15(11)13(18)19-8-9-4-2-1-3-5-9/h1-5,10-11,16H,6-8H2,(H2,14,17)/t10-,11-/m1/s1. The van der Waals surface area contributed by atoms with Crippen LogP contribution < -0.4 is 5.73 Å². The predicted molar refractivity (Wildman–Crippen MR) is 66.9 cm³/mol. The van der Waals surface area contributed by atoms with E-state index in [1.54, 1.807) is 0 Å². The van der Waals surface area contributed by atoms with Crippen LogP contribution in [-0.4, -0.2) is 40.7 Å². The van der Waals surface area contributed by atoms with Crippen molar-refractivity contribution in [1.82, 2.24) is 4.90 Å². The Kier molecular flexibility index (Phi) is 4.01. The second kappa shape index (κ2) is 5.71. The monoisotopic (exact) mass is 264 g/mol. The fourth-order valence-electron chi connectivity index (χ4n) is 2.09. The zero-order valence-electron chi connectivity index (χ0n) is 10.4. The molecule has 1 aromatic carbocycles. The number of carbonyl (C=O) groups is 2. The molecule has 0 radical (unpaired) electrons. The number of nitrogens with zero attached hydrogens (tertiary/aromatic N) is 1. The van der Waals surface area contributed by atoms with Crippen molar-refractivity contribution in [2.45, 2.75) is 25.2 Å². The van der Waals surface area contributed by atoms with Crippen molar-refractivity contribution in [3.8, 4) is 0 Å². The number of benzene rings is 1. The summed E-state index contributed by atoms with van der Waals surface area (Å²) in [4.78, 5) is 24.2. The van der Waals surface area contributed by atoms with E-state index in [1.807, 2.05) is 30.3 Å². The third-order valence-electron chi connectivity index (χ3n) is 3.05. The van der Waals surface area contributed by atoms with Crippen LogP contribution in [0.4, 0.5) is 4.79 Å². The number of nitrogens with two attached hydrogens (primary N) is 1. The molecule has 1 saturated heterocycles. The highest BCUT2D eigenvalue weighted by molar-refractivity contribution is 5.85.